The smallest absolute Gasteiger partial charge is 0.243 e. The van der Waals surface area contributed by atoms with E-state index in [1.54, 1.807) is 17.0 Å². The van der Waals surface area contributed by atoms with Crippen molar-refractivity contribution in [3.63, 3.8) is 0 Å². The number of carbonyl (C=O) groups excluding carboxylic acids is 1. The highest BCUT2D eigenvalue weighted by Crippen LogP contribution is 2.24. The van der Waals surface area contributed by atoms with Crippen LogP contribution in [-0.2, 0) is 11.4 Å². The third-order valence-electron chi connectivity index (χ3n) is 3.71. The van der Waals surface area contributed by atoms with Gasteiger partial charge in [-0.1, -0.05) is 12.1 Å². The van der Waals surface area contributed by atoms with E-state index in [1.807, 2.05) is 24.3 Å². The van der Waals surface area contributed by atoms with Gasteiger partial charge in [-0.25, -0.2) is 4.39 Å². The highest BCUT2D eigenvalue weighted by Gasteiger charge is 2.29. The second-order valence-electron chi connectivity index (χ2n) is 5.29. The minimum absolute atomic E-state index is 0. The first-order chi connectivity index (χ1) is 10.6. The maximum Gasteiger partial charge on any atom is 0.243 e. The maximum absolute atomic E-state index is 12.8. The van der Waals surface area contributed by atoms with E-state index in [2.05, 4.69) is 0 Å². The molecule has 4 nitrogen and oxygen atoms in total. The Labute approximate surface area is 140 Å². The van der Waals surface area contributed by atoms with Crippen LogP contribution < -0.4 is 15.4 Å². The van der Waals surface area contributed by atoms with E-state index < -0.39 is 6.04 Å². The molecule has 23 heavy (non-hydrogen) atoms. The monoisotopic (exact) mass is 336 g/mol. The highest BCUT2D eigenvalue weighted by atomic mass is 35.5. The van der Waals surface area contributed by atoms with Crippen molar-refractivity contribution in [3.05, 3.63) is 59.9 Å². The zero-order valence-corrected chi connectivity index (χ0v) is 13.3. The van der Waals surface area contributed by atoms with Crippen molar-refractivity contribution in [1.82, 2.24) is 0 Å². The molecule has 1 atom stereocenters. The van der Waals surface area contributed by atoms with Crippen LogP contribution in [0.3, 0.4) is 0 Å². The minimum atomic E-state index is -0.394. The Morgan fingerprint density at radius 3 is 2.35 bits per heavy atom. The maximum atomic E-state index is 12.8. The molecule has 0 radical (unpaired) electrons. The van der Waals surface area contributed by atoms with Gasteiger partial charge in [0.2, 0.25) is 5.91 Å². The second kappa shape index (κ2) is 7.44. The summed E-state index contributed by atoms with van der Waals surface area (Å²) < 4.78 is 18.5. The molecule has 1 heterocycles. The normalized spacial score (nSPS) is 17.0. The first kappa shape index (κ1) is 17.2. The van der Waals surface area contributed by atoms with E-state index in [9.17, 15) is 9.18 Å². The number of nitrogens with zero attached hydrogens (tertiary/aromatic N) is 1. The Morgan fingerprint density at radius 2 is 1.78 bits per heavy atom. The van der Waals surface area contributed by atoms with Crippen molar-refractivity contribution in [2.45, 2.75) is 19.1 Å². The van der Waals surface area contributed by atoms with Gasteiger partial charge in [0.15, 0.2) is 0 Å². The fraction of sp³-hybridized carbons (Fsp3) is 0.235. The molecule has 1 aliphatic heterocycles. The molecule has 0 saturated carbocycles. The number of anilines is 1. The number of carbonyl (C=O) groups is 1. The van der Waals surface area contributed by atoms with Crippen LogP contribution in [0.15, 0.2) is 48.5 Å². The fourth-order valence-corrected chi connectivity index (χ4v) is 2.43. The van der Waals surface area contributed by atoms with Crippen molar-refractivity contribution in [1.29, 1.82) is 0 Å². The van der Waals surface area contributed by atoms with Crippen LogP contribution in [0.25, 0.3) is 0 Å². The highest BCUT2D eigenvalue weighted by molar-refractivity contribution is 5.99. The largest absolute Gasteiger partial charge is 0.489 e. The first-order valence-electron chi connectivity index (χ1n) is 7.18. The SMILES string of the molecule is Cl.N[C@H]1CCN(c2ccc(OCc3ccc(F)cc3)cc2)C1=O. The van der Waals surface area contributed by atoms with Gasteiger partial charge in [0.05, 0.1) is 6.04 Å². The van der Waals surface area contributed by atoms with Crippen LogP contribution in [0.1, 0.15) is 12.0 Å². The predicted molar refractivity (Wildman–Crippen MR) is 89.4 cm³/mol. The Morgan fingerprint density at radius 1 is 1.13 bits per heavy atom. The topological polar surface area (TPSA) is 55.6 Å². The second-order valence-corrected chi connectivity index (χ2v) is 5.29. The lowest BCUT2D eigenvalue weighted by atomic mass is 10.2. The molecule has 0 spiro atoms. The molecule has 1 aliphatic rings. The van der Waals surface area contributed by atoms with Gasteiger partial charge in [0.25, 0.3) is 0 Å². The molecule has 3 rings (SSSR count). The minimum Gasteiger partial charge on any atom is -0.489 e. The molecule has 0 unspecified atom stereocenters. The van der Waals surface area contributed by atoms with Crippen LogP contribution in [0, 0.1) is 5.82 Å². The Kier molecular flexibility index (Phi) is 5.58. The molecule has 1 fully saturated rings. The number of nitrogens with two attached hydrogens (primary N) is 1. The third kappa shape index (κ3) is 4.00. The van der Waals surface area contributed by atoms with Crippen molar-refractivity contribution < 1.29 is 13.9 Å². The molecule has 122 valence electrons. The summed E-state index contributed by atoms with van der Waals surface area (Å²) in [7, 11) is 0. The van der Waals surface area contributed by atoms with Crippen LogP contribution in [0.5, 0.6) is 5.75 Å². The number of halogens is 2. The number of hydrogen-bond donors (Lipinski definition) is 1. The summed E-state index contributed by atoms with van der Waals surface area (Å²) in [5.41, 5.74) is 7.44. The van der Waals surface area contributed by atoms with Gasteiger partial charge >= 0.3 is 0 Å². The number of amides is 1. The summed E-state index contributed by atoms with van der Waals surface area (Å²) >= 11 is 0. The van der Waals surface area contributed by atoms with Crippen molar-refractivity contribution in [3.8, 4) is 5.75 Å². The van der Waals surface area contributed by atoms with E-state index in [1.165, 1.54) is 12.1 Å². The van der Waals surface area contributed by atoms with Crippen LogP contribution in [0.4, 0.5) is 10.1 Å². The molecule has 2 aromatic carbocycles. The molecule has 2 N–H and O–H groups in total. The van der Waals surface area contributed by atoms with E-state index in [0.29, 0.717) is 25.3 Å². The fourth-order valence-electron chi connectivity index (χ4n) is 2.43. The molecule has 0 aromatic heterocycles. The number of rotatable bonds is 4. The average molecular weight is 337 g/mol. The summed E-state index contributed by atoms with van der Waals surface area (Å²) in [6, 6.07) is 13.1. The predicted octanol–water partition coefficient (Wildman–Crippen LogP) is 2.89. The molecular formula is C17H18ClFN2O2. The summed E-state index contributed by atoms with van der Waals surface area (Å²) in [4.78, 5) is 13.6. The van der Waals surface area contributed by atoms with Crippen molar-refractivity contribution in [2.75, 3.05) is 11.4 Å². The van der Waals surface area contributed by atoms with E-state index in [0.717, 1.165) is 11.3 Å². The Hall–Kier alpha value is -2.11. The summed E-state index contributed by atoms with van der Waals surface area (Å²) in [6.07, 6.45) is 0.682. The first-order valence-corrected chi connectivity index (χ1v) is 7.18. The summed E-state index contributed by atoms with van der Waals surface area (Å²) in [5.74, 6) is 0.394. The molecular weight excluding hydrogens is 319 g/mol. The number of ether oxygens (including phenoxy) is 1. The van der Waals surface area contributed by atoms with Gasteiger partial charge < -0.3 is 15.4 Å². The van der Waals surface area contributed by atoms with Crippen molar-refractivity contribution >= 4 is 24.0 Å². The van der Waals surface area contributed by atoms with Crippen LogP contribution in [-0.4, -0.2) is 18.5 Å². The number of benzene rings is 2. The lowest BCUT2D eigenvalue weighted by Gasteiger charge is -2.16. The molecule has 1 saturated heterocycles. The molecule has 2 aromatic rings. The quantitative estimate of drug-likeness (QED) is 0.934. The Balaban J connectivity index is 0.00000192. The van der Waals surface area contributed by atoms with Crippen LogP contribution >= 0.6 is 12.4 Å². The van der Waals surface area contributed by atoms with Gasteiger partial charge in [0.1, 0.15) is 18.2 Å². The lowest BCUT2D eigenvalue weighted by molar-refractivity contribution is -0.118. The molecule has 6 heteroatoms. The molecule has 0 aliphatic carbocycles. The van der Waals surface area contributed by atoms with E-state index >= 15 is 0 Å². The van der Waals surface area contributed by atoms with Crippen LogP contribution in [0.2, 0.25) is 0 Å². The summed E-state index contributed by atoms with van der Waals surface area (Å²) in [5, 5.41) is 0. The number of hydrogen-bond acceptors (Lipinski definition) is 3. The zero-order chi connectivity index (χ0) is 15.5. The van der Waals surface area contributed by atoms with Gasteiger partial charge in [0, 0.05) is 12.2 Å². The molecule has 1 amide bonds. The average Bonchev–Trinajstić information content (AvgIpc) is 2.87. The lowest BCUT2D eigenvalue weighted by Crippen LogP contribution is -2.33. The summed E-state index contributed by atoms with van der Waals surface area (Å²) in [6.45, 7) is 1.02. The van der Waals surface area contributed by atoms with Gasteiger partial charge in [-0.05, 0) is 48.4 Å². The standard InChI is InChI=1S/C17H17FN2O2.ClH/c18-13-3-1-12(2-4-13)11-22-15-7-5-14(6-8-15)20-10-9-16(19)17(20)21;/h1-8,16H,9-11,19H2;1H/t16-;/m0./s1. The Bertz CT molecular complexity index is 661. The molecule has 0 bridgehead atoms. The van der Waals surface area contributed by atoms with Gasteiger partial charge in [-0.15, -0.1) is 12.4 Å². The zero-order valence-electron chi connectivity index (χ0n) is 12.4. The van der Waals surface area contributed by atoms with Gasteiger partial charge in [-0.2, -0.15) is 0 Å². The third-order valence-corrected chi connectivity index (χ3v) is 3.71. The van der Waals surface area contributed by atoms with E-state index in [-0.39, 0.29) is 24.1 Å². The van der Waals surface area contributed by atoms with E-state index in [4.69, 9.17) is 10.5 Å². The van der Waals surface area contributed by atoms with Crippen molar-refractivity contribution in [2.24, 2.45) is 5.73 Å². The van der Waals surface area contributed by atoms with Gasteiger partial charge in [-0.3, -0.25) is 4.79 Å².